The van der Waals surface area contributed by atoms with Gasteiger partial charge in [-0.2, -0.15) is 0 Å². The van der Waals surface area contributed by atoms with Crippen LogP contribution in [-0.2, 0) is 19.6 Å². The minimum absolute atomic E-state index is 0. The first kappa shape index (κ1) is 45.6. The Morgan fingerprint density at radius 2 is 0.936 bits per heavy atom. The molecule has 47 heavy (non-hydrogen) atoms. The molecule has 0 aromatic heterocycles. The van der Waals surface area contributed by atoms with Crippen molar-refractivity contribution in [2.45, 2.75) is 160 Å². The first-order chi connectivity index (χ1) is 22.3. The number of carbonyl (C=O) groups is 2. The van der Waals surface area contributed by atoms with Gasteiger partial charge in [0.1, 0.15) is 10.1 Å². The number of hydrogen-bond acceptors (Lipinski definition) is 7. The Kier molecular flexibility index (Phi) is 29.7. The Balaban J connectivity index is 0.0000212. The molecule has 0 aliphatic carbocycles. The average Bonchev–Trinajstić information content (AvgIpc) is 3.04. The standard InChI is InChI=1S/C38H62O7S.Na/c1-3-5-7-9-11-13-15-17-19-21-23-25-27-31-44-37(39)35-30-29-34(46(41,42)43)33-36(35)38(40)45-32-28-26-24-22-20-18-16-14-12-10-8-6-4-2;/h21-24,29-30,33H,3-20,25-28,31-32H2,1-2H3,(H,41,42,43);/q;+1/p-1/b23-21+,24-22+;. The van der Waals surface area contributed by atoms with Crippen molar-refractivity contribution in [1.29, 1.82) is 0 Å². The first-order valence-electron chi connectivity index (χ1n) is 18.0. The summed E-state index contributed by atoms with van der Waals surface area (Å²) in [7, 11) is -4.82. The van der Waals surface area contributed by atoms with E-state index in [0.717, 1.165) is 43.9 Å². The van der Waals surface area contributed by atoms with Gasteiger partial charge >= 0.3 is 41.5 Å². The van der Waals surface area contributed by atoms with E-state index in [-0.39, 0.29) is 53.9 Å². The van der Waals surface area contributed by atoms with Gasteiger partial charge in [0.2, 0.25) is 0 Å². The van der Waals surface area contributed by atoms with Crippen molar-refractivity contribution in [2.24, 2.45) is 0 Å². The second kappa shape index (κ2) is 30.6. The molecule has 0 radical (unpaired) electrons. The third-order valence-corrected chi connectivity index (χ3v) is 8.83. The van der Waals surface area contributed by atoms with Gasteiger partial charge in [-0.3, -0.25) is 0 Å². The first-order valence-corrected chi connectivity index (χ1v) is 19.5. The molecule has 0 spiro atoms. The molecule has 0 saturated carbocycles. The Hall–Kier alpha value is -1.45. The molecule has 0 saturated heterocycles. The topological polar surface area (TPSA) is 110 Å². The SMILES string of the molecule is CCCCCCCCCC/C=C/CCCOC(=O)c1ccc(S(=O)(=O)[O-])cc1C(=O)OCCC/C=C/CCCCCCCCCC.[Na+]. The monoisotopic (exact) mass is 684 g/mol. The number of allylic oxidation sites excluding steroid dienone is 4. The van der Waals surface area contributed by atoms with Crippen molar-refractivity contribution in [2.75, 3.05) is 13.2 Å². The molecule has 0 unspecified atom stereocenters. The van der Waals surface area contributed by atoms with Gasteiger partial charge in [-0.05, 0) is 69.6 Å². The summed E-state index contributed by atoms with van der Waals surface area (Å²) < 4.78 is 45.4. The summed E-state index contributed by atoms with van der Waals surface area (Å²) >= 11 is 0. The van der Waals surface area contributed by atoms with E-state index in [1.54, 1.807) is 0 Å². The van der Waals surface area contributed by atoms with Crippen LogP contribution in [0.1, 0.15) is 176 Å². The molecule has 0 bridgehead atoms. The fourth-order valence-electron chi connectivity index (χ4n) is 5.18. The van der Waals surface area contributed by atoms with Crippen LogP contribution in [0.4, 0.5) is 0 Å². The van der Waals surface area contributed by atoms with Gasteiger partial charge in [0, 0.05) is 0 Å². The Labute approximate surface area is 308 Å². The third kappa shape index (κ3) is 24.4. The molecule has 0 heterocycles. The maximum atomic E-state index is 12.8. The van der Waals surface area contributed by atoms with E-state index in [9.17, 15) is 22.6 Å². The number of unbranched alkanes of at least 4 members (excludes halogenated alkanes) is 18. The zero-order valence-corrected chi connectivity index (χ0v) is 32.6. The minimum atomic E-state index is -4.82. The van der Waals surface area contributed by atoms with Crippen LogP contribution >= 0.6 is 0 Å². The van der Waals surface area contributed by atoms with Gasteiger partial charge in [0.05, 0.1) is 29.2 Å². The number of esters is 2. The van der Waals surface area contributed by atoms with E-state index >= 15 is 0 Å². The van der Waals surface area contributed by atoms with E-state index in [1.807, 2.05) is 0 Å². The Morgan fingerprint density at radius 1 is 0.574 bits per heavy atom. The predicted octanol–water partition coefficient (Wildman–Crippen LogP) is 7.64. The normalized spacial score (nSPS) is 11.6. The maximum absolute atomic E-state index is 12.8. The Bertz CT molecular complexity index is 1120. The van der Waals surface area contributed by atoms with Crippen molar-refractivity contribution >= 4 is 22.1 Å². The second-order valence-electron chi connectivity index (χ2n) is 12.2. The van der Waals surface area contributed by atoms with Crippen LogP contribution in [0.25, 0.3) is 0 Å². The molecule has 7 nitrogen and oxygen atoms in total. The molecule has 9 heteroatoms. The zero-order valence-electron chi connectivity index (χ0n) is 29.8. The summed E-state index contributed by atoms with van der Waals surface area (Å²) in [4.78, 5) is 25.0. The van der Waals surface area contributed by atoms with E-state index in [2.05, 4.69) is 38.2 Å². The van der Waals surface area contributed by atoms with Gasteiger partial charge in [-0.25, -0.2) is 18.0 Å². The zero-order chi connectivity index (χ0) is 33.7. The molecular formula is C38H61NaO7S. The number of ether oxygens (including phenoxy) is 2. The molecule has 262 valence electrons. The molecule has 0 amide bonds. The van der Waals surface area contributed by atoms with E-state index < -0.39 is 27.0 Å². The summed E-state index contributed by atoms with van der Waals surface area (Å²) in [6.45, 7) is 4.72. The Morgan fingerprint density at radius 3 is 1.34 bits per heavy atom. The van der Waals surface area contributed by atoms with Crippen LogP contribution in [0.3, 0.4) is 0 Å². The number of rotatable bonds is 29. The van der Waals surface area contributed by atoms with Gasteiger partial charge in [0.15, 0.2) is 0 Å². The fraction of sp³-hybridized carbons (Fsp3) is 0.684. The molecule has 0 fully saturated rings. The van der Waals surface area contributed by atoms with Crippen LogP contribution in [0.5, 0.6) is 0 Å². The largest absolute Gasteiger partial charge is 1.00 e. The average molecular weight is 685 g/mol. The molecule has 1 rings (SSSR count). The fourth-order valence-corrected chi connectivity index (χ4v) is 5.67. The quantitative estimate of drug-likeness (QED) is 0.0280. The van der Waals surface area contributed by atoms with Crippen LogP contribution in [0.15, 0.2) is 47.4 Å². The van der Waals surface area contributed by atoms with Gasteiger partial charge in [-0.1, -0.05) is 128 Å². The molecule has 0 aliphatic heterocycles. The summed E-state index contributed by atoms with van der Waals surface area (Å²) in [5.74, 6) is -1.61. The van der Waals surface area contributed by atoms with E-state index in [4.69, 9.17) is 9.47 Å². The maximum Gasteiger partial charge on any atom is 1.00 e. The third-order valence-electron chi connectivity index (χ3n) is 8.00. The van der Waals surface area contributed by atoms with Crippen LogP contribution in [-0.4, -0.2) is 38.1 Å². The van der Waals surface area contributed by atoms with Crippen LogP contribution < -0.4 is 29.6 Å². The summed E-state index contributed by atoms with van der Waals surface area (Å²) in [6.07, 6.45) is 33.9. The molecular weight excluding hydrogens is 623 g/mol. The second-order valence-corrected chi connectivity index (χ2v) is 13.6. The van der Waals surface area contributed by atoms with Crippen molar-refractivity contribution < 1.29 is 61.6 Å². The number of benzene rings is 1. The number of carbonyl (C=O) groups excluding carboxylic acids is 2. The molecule has 0 atom stereocenters. The summed E-state index contributed by atoms with van der Waals surface area (Å²) in [5, 5.41) is 0. The molecule has 1 aromatic rings. The number of hydrogen-bond donors (Lipinski definition) is 0. The van der Waals surface area contributed by atoms with E-state index in [1.165, 1.54) is 103 Å². The smallest absolute Gasteiger partial charge is 0.744 e. The van der Waals surface area contributed by atoms with Crippen LogP contribution in [0.2, 0.25) is 0 Å². The van der Waals surface area contributed by atoms with E-state index in [0.29, 0.717) is 12.8 Å². The van der Waals surface area contributed by atoms with Gasteiger partial charge < -0.3 is 14.0 Å². The van der Waals surface area contributed by atoms with Crippen molar-refractivity contribution in [3.05, 3.63) is 53.6 Å². The predicted molar refractivity (Wildman–Crippen MR) is 186 cm³/mol. The molecule has 1 aromatic carbocycles. The minimum Gasteiger partial charge on any atom is -0.744 e. The molecule has 0 N–H and O–H groups in total. The van der Waals surface area contributed by atoms with Gasteiger partial charge in [-0.15, -0.1) is 0 Å². The van der Waals surface area contributed by atoms with Crippen molar-refractivity contribution in [3.8, 4) is 0 Å². The van der Waals surface area contributed by atoms with Crippen molar-refractivity contribution in [3.63, 3.8) is 0 Å². The summed E-state index contributed by atoms with van der Waals surface area (Å²) in [6, 6.07) is 3.06. The van der Waals surface area contributed by atoms with Crippen LogP contribution in [0, 0.1) is 0 Å². The summed E-state index contributed by atoms with van der Waals surface area (Å²) in [5.41, 5.74) is -0.398. The van der Waals surface area contributed by atoms with Crippen molar-refractivity contribution in [1.82, 2.24) is 0 Å². The van der Waals surface area contributed by atoms with Gasteiger partial charge in [0.25, 0.3) is 0 Å². The molecule has 0 aliphatic rings.